The first kappa shape index (κ1) is 20.4. The molecule has 1 aliphatic rings. The van der Waals surface area contributed by atoms with Crippen LogP contribution in [0.15, 0.2) is 23.9 Å². The van der Waals surface area contributed by atoms with E-state index in [0.29, 0.717) is 12.5 Å². The third-order valence-electron chi connectivity index (χ3n) is 3.75. The van der Waals surface area contributed by atoms with E-state index >= 15 is 0 Å². The van der Waals surface area contributed by atoms with Crippen LogP contribution in [-0.4, -0.2) is 29.6 Å². The van der Waals surface area contributed by atoms with Crippen molar-refractivity contribution in [1.29, 1.82) is 0 Å². The van der Waals surface area contributed by atoms with Gasteiger partial charge in [0, 0.05) is 12.5 Å². The van der Waals surface area contributed by atoms with Gasteiger partial charge >= 0.3 is 14.1 Å². The van der Waals surface area contributed by atoms with E-state index < -0.39 is 31.2 Å². The molecule has 0 aliphatic heterocycles. The van der Waals surface area contributed by atoms with Gasteiger partial charge in [-0.2, -0.15) is 0 Å². The van der Waals surface area contributed by atoms with Gasteiger partial charge in [0.05, 0.1) is 11.5 Å². The standard InChI is InChI=1S/C15H24N2O6P/c1-4-12(5-2)10-22-15(18)11(3)16-24(21)23-14-8-6-13(7-9-14)17(19)20/h6-8,11-12,14H,4-5,9-10H2,1-3H3,(H,16,21)/q+1. The maximum Gasteiger partial charge on any atom is 0.614 e. The molecule has 0 heterocycles. The second-order valence-corrected chi connectivity index (χ2v) is 6.53. The first-order valence-electron chi connectivity index (χ1n) is 7.96. The Balaban J connectivity index is 2.36. The van der Waals surface area contributed by atoms with Crippen LogP contribution in [0.4, 0.5) is 0 Å². The normalized spacial score (nSPS) is 18.9. The molecule has 0 aromatic heterocycles. The lowest BCUT2D eigenvalue weighted by atomic mass is 10.1. The molecule has 0 bridgehead atoms. The molecule has 134 valence electrons. The zero-order valence-corrected chi connectivity index (χ0v) is 15.0. The Bertz CT molecular complexity index is 530. The Morgan fingerprint density at radius 2 is 2.17 bits per heavy atom. The number of nitrogens with one attached hydrogen (secondary N) is 1. The number of carbonyl (C=O) groups is 1. The molecule has 24 heavy (non-hydrogen) atoms. The van der Waals surface area contributed by atoms with Crippen molar-refractivity contribution in [3.63, 3.8) is 0 Å². The fourth-order valence-corrected chi connectivity index (χ4v) is 2.90. The van der Waals surface area contributed by atoms with Gasteiger partial charge in [0.15, 0.2) is 0 Å². The predicted molar refractivity (Wildman–Crippen MR) is 88.9 cm³/mol. The molecule has 3 atom stereocenters. The fourth-order valence-electron chi connectivity index (χ4n) is 2.02. The second kappa shape index (κ2) is 10.3. The highest BCUT2D eigenvalue weighted by Gasteiger charge is 2.31. The number of nitrogens with zero attached hydrogens (tertiary/aromatic N) is 1. The van der Waals surface area contributed by atoms with Crippen LogP contribution >= 0.6 is 8.18 Å². The van der Waals surface area contributed by atoms with Crippen molar-refractivity contribution in [2.75, 3.05) is 6.61 Å². The van der Waals surface area contributed by atoms with E-state index in [1.54, 1.807) is 6.92 Å². The summed E-state index contributed by atoms with van der Waals surface area (Å²) in [4.78, 5) is 21.9. The lowest BCUT2D eigenvalue weighted by Crippen LogP contribution is -2.32. The zero-order chi connectivity index (χ0) is 18.1. The predicted octanol–water partition coefficient (Wildman–Crippen LogP) is 3.11. The van der Waals surface area contributed by atoms with Crippen molar-refractivity contribution in [1.82, 2.24) is 5.09 Å². The minimum absolute atomic E-state index is 0.0172. The van der Waals surface area contributed by atoms with Crippen molar-refractivity contribution in [2.45, 2.75) is 52.2 Å². The number of rotatable bonds is 10. The first-order chi connectivity index (χ1) is 11.4. The number of nitro groups is 1. The summed E-state index contributed by atoms with van der Waals surface area (Å²) in [5.41, 5.74) is -0.0172. The van der Waals surface area contributed by atoms with E-state index in [4.69, 9.17) is 9.26 Å². The maximum atomic E-state index is 11.9. The quantitative estimate of drug-likeness (QED) is 0.276. The maximum absolute atomic E-state index is 11.9. The summed E-state index contributed by atoms with van der Waals surface area (Å²) >= 11 is 0. The molecule has 0 amide bonds. The van der Waals surface area contributed by atoms with Crippen LogP contribution in [0.25, 0.3) is 0 Å². The zero-order valence-electron chi connectivity index (χ0n) is 14.1. The highest BCUT2D eigenvalue weighted by molar-refractivity contribution is 7.36. The lowest BCUT2D eigenvalue weighted by molar-refractivity contribution is -0.419. The van der Waals surface area contributed by atoms with Gasteiger partial charge in [-0.15, -0.1) is 4.52 Å². The van der Waals surface area contributed by atoms with Crippen LogP contribution in [-0.2, 0) is 18.6 Å². The smallest absolute Gasteiger partial charge is 0.464 e. The molecule has 1 rings (SSSR count). The number of hydrogen-bond acceptors (Lipinski definition) is 6. The summed E-state index contributed by atoms with van der Waals surface area (Å²) in [6.45, 7) is 5.96. The molecule has 8 nitrogen and oxygen atoms in total. The van der Waals surface area contributed by atoms with E-state index in [1.807, 2.05) is 13.8 Å². The van der Waals surface area contributed by atoms with E-state index in [2.05, 4.69) is 5.09 Å². The van der Waals surface area contributed by atoms with Gasteiger partial charge < -0.3 is 4.74 Å². The summed E-state index contributed by atoms with van der Waals surface area (Å²) in [5.74, 6) is -0.162. The van der Waals surface area contributed by atoms with Crippen LogP contribution in [0.5, 0.6) is 0 Å². The van der Waals surface area contributed by atoms with Gasteiger partial charge in [-0.1, -0.05) is 31.8 Å². The Morgan fingerprint density at radius 3 is 2.67 bits per heavy atom. The molecule has 0 saturated carbocycles. The van der Waals surface area contributed by atoms with E-state index in [1.165, 1.54) is 18.2 Å². The second-order valence-electron chi connectivity index (χ2n) is 5.55. The fraction of sp³-hybridized carbons (Fsp3) is 0.667. The molecule has 0 aromatic carbocycles. The van der Waals surface area contributed by atoms with E-state index in [0.717, 1.165) is 12.8 Å². The number of ether oxygens (including phenoxy) is 1. The topological polar surface area (TPSA) is 108 Å². The van der Waals surface area contributed by atoms with Gasteiger partial charge in [-0.25, -0.2) is 0 Å². The molecule has 9 heteroatoms. The third-order valence-corrected chi connectivity index (χ3v) is 4.81. The van der Waals surface area contributed by atoms with Crippen molar-refractivity contribution in [3.05, 3.63) is 34.0 Å². The molecule has 0 fully saturated rings. The SMILES string of the molecule is CCC(CC)COC(=O)C(C)N[P+](=O)OC1C=CC([N+](=O)[O-])=CC1. The molecule has 3 unspecified atom stereocenters. The van der Waals surface area contributed by atoms with Crippen molar-refractivity contribution in [3.8, 4) is 0 Å². The largest absolute Gasteiger partial charge is 0.614 e. The summed E-state index contributed by atoms with van der Waals surface area (Å²) in [7, 11) is -2.29. The lowest BCUT2D eigenvalue weighted by Gasteiger charge is -2.14. The van der Waals surface area contributed by atoms with Crippen LogP contribution in [0.2, 0.25) is 0 Å². The number of allylic oxidation sites excluding steroid dienone is 1. The summed E-state index contributed by atoms with van der Waals surface area (Å²) in [6.07, 6.45) is 5.77. The van der Waals surface area contributed by atoms with Gasteiger partial charge in [0.25, 0.3) is 5.70 Å². The monoisotopic (exact) mass is 359 g/mol. The van der Waals surface area contributed by atoms with Gasteiger partial charge in [-0.05, 0) is 29.6 Å². The van der Waals surface area contributed by atoms with Crippen LogP contribution in [0.1, 0.15) is 40.0 Å². The average Bonchev–Trinajstić information content (AvgIpc) is 2.55. The van der Waals surface area contributed by atoms with Crippen LogP contribution in [0.3, 0.4) is 0 Å². The van der Waals surface area contributed by atoms with Crippen molar-refractivity contribution >= 4 is 14.1 Å². The van der Waals surface area contributed by atoms with Crippen molar-refractivity contribution < 1.29 is 23.5 Å². The van der Waals surface area contributed by atoms with Gasteiger partial charge in [0.1, 0.15) is 12.1 Å². The average molecular weight is 359 g/mol. The highest BCUT2D eigenvalue weighted by Crippen LogP contribution is 2.25. The Kier molecular flexibility index (Phi) is 8.74. The molecule has 0 spiro atoms. The summed E-state index contributed by atoms with van der Waals surface area (Å²) in [5, 5.41) is 13.1. The Morgan fingerprint density at radius 1 is 1.50 bits per heavy atom. The highest BCUT2D eigenvalue weighted by atomic mass is 31.1. The van der Waals surface area contributed by atoms with Crippen LogP contribution in [0, 0.1) is 16.0 Å². The molecule has 1 N–H and O–H groups in total. The molecular weight excluding hydrogens is 335 g/mol. The summed E-state index contributed by atoms with van der Waals surface area (Å²) in [6, 6.07) is -0.763. The molecule has 0 saturated heterocycles. The third kappa shape index (κ3) is 6.86. The Labute approximate surface area is 142 Å². The van der Waals surface area contributed by atoms with Crippen LogP contribution < -0.4 is 5.09 Å². The Hall–Kier alpha value is -1.63. The molecule has 1 aliphatic carbocycles. The summed E-state index contributed by atoms with van der Waals surface area (Å²) < 4.78 is 22.4. The molecule has 0 aromatic rings. The molecule has 0 radical (unpaired) electrons. The number of carbonyl (C=O) groups excluding carboxylic acids is 1. The van der Waals surface area contributed by atoms with Gasteiger partial charge in [0.2, 0.25) is 0 Å². The van der Waals surface area contributed by atoms with E-state index in [-0.39, 0.29) is 12.1 Å². The number of hydrogen-bond donors (Lipinski definition) is 1. The number of esters is 1. The minimum Gasteiger partial charge on any atom is -0.464 e. The first-order valence-corrected chi connectivity index (χ1v) is 9.14. The van der Waals surface area contributed by atoms with E-state index in [9.17, 15) is 19.5 Å². The molecular formula is C15H24N2O6P+. The van der Waals surface area contributed by atoms with Crippen molar-refractivity contribution in [2.24, 2.45) is 5.92 Å². The minimum atomic E-state index is -2.29. The van der Waals surface area contributed by atoms with Gasteiger partial charge in [-0.3, -0.25) is 14.9 Å².